The summed E-state index contributed by atoms with van der Waals surface area (Å²) in [6.07, 6.45) is 1.19. The number of amides is 1. The summed E-state index contributed by atoms with van der Waals surface area (Å²) in [6.45, 7) is 3.63. The first-order valence-electron chi connectivity index (χ1n) is 8.97. The van der Waals surface area contributed by atoms with Crippen LogP contribution in [0.2, 0.25) is 0 Å². The summed E-state index contributed by atoms with van der Waals surface area (Å²) >= 11 is 0. The van der Waals surface area contributed by atoms with E-state index in [2.05, 4.69) is 10.3 Å². The molecule has 150 valence electrons. The number of para-hydroxylation sites is 1. The lowest BCUT2D eigenvalue weighted by atomic mass is 9.97. The van der Waals surface area contributed by atoms with Crippen molar-refractivity contribution in [3.05, 3.63) is 40.9 Å². The summed E-state index contributed by atoms with van der Waals surface area (Å²) in [5.41, 5.74) is 0.0976. The van der Waals surface area contributed by atoms with Crippen LogP contribution >= 0.6 is 0 Å². The summed E-state index contributed by atoms with van der Waals surface area (Å²) in [4.78, 5) is 52.1. The second kappa shape index (κ2) is 9.12. The number of carbonyl (C=O) groups excluding carboxylic acids is 1. The molecular weight excluding hydrogens is 366 g/mol. The lowest BCUT2D eigenvalue weighted by Gasteiger charge is -2.26. The van der Waals surface area contributed by atoms with Gasteiger partial charge in [-0.05, 0) is 24.5 Å². The van der Waals surface area contributed by atoms with Gasteiger partial charge in [0.1, 0.15) is 12.1 Å². The first-order valence-corrected chi connectivity index (χ1v) is 8.97. The Bertz CT molecular complexity index is 939. The van der Waals surface area contributed by atoms with Crippen LogP contribution in [0.4, 0.5) is 0 Å². The Labute approximate surface area is 161 Å². The lowest BCUT2D eigenvalue weighted by molar-refractivity contribution is -0.143. The molecule has 9 nitrogen and oxygen atoms in total. The average molecular weight is 389 g/mol. The van der Waals surface area contributed by atoms with Crippen LogP contribution in [0.1, 0.15) is 39.2 Å². The molecule has 0 saturated heterocycles. The van der Waals surface area contributed by atoms with E-state index in [0.29, 0.717) is 17.3 Å². The molecule has 0 bridgehead atoms. The SMILES string of the molecule is CCC(C)C(C(=O)NC(CCC(=O)O)C(=O)O)n1cnc2ccccc2c1=O. The fraction of sp³-hybridized carbons (Fsp3) is 0.421. The summed E-state index contributed by atoms with van der Waals surface area (Å²) in [5, 5.41) is 20.8. The second-order valence-corrected chi connectivity index (χ2v) is 6.64. The molecule has 1 heterocycles. The van der Waals surface area contributed by atoms with Gasteiger partial charge >= 0.3 is 11.9 Å². The van der Waals surface area contributed by atoms with Crippen LogP contribution in [-0.4, -0.2) is 43.7 Å². The van der Waals surface area contributed by atoms with Gasteiger partial charge in [-0.1, -0.05) is 32.4 Å². The van der Waals surface area contributed by atoms with Gasteiger partial charge in [-0.25, -0.2) is 9.78 Å². The van der Waals surface area contributed by atoms with E-state index in [1.165, 1.54) is 10.9 Å². The van der Waals surface area contributed by atoms with E-state index in [9.17, 15) is 24.3 Å². The zero-order chi connectivity index (χ0) is 20.8. The molecule has 3 atom stereocenters. The van der Waals surface area contributed by atoms with Crippen molar-refractivity contribution in [3.63, 3.8) is 0 Å². The van der Waals surface area contributed by atoms with Gasteiger partial charge in [0.25, 0.3) is 5.56 Å². The van der Waals surface area contributed by atoms with E-state index in [-0.39, 0.29) is 12.3 Å². The summed E-state index contributed by atoms with van der Waals surface area (Å²) in [5.74, 6) is -3.43. The third-order valence-corrected chi connectivity index (χ3v) is 4.70. The molecule has 0 saturated carbocycles. The van der Waals surface area contributed by atoms with Gasteiger partial charge in [0.2, 0.25) is 5.91 Å². The van der Waals surface area contributed by atoms with Crippen molar-refractivity contribution in [2.75, 3.05) is 0 Å². The third-order valence-electron chi connectivity index (χ3n) is 4.70. The monoisotopic (exact) mass is 389 g/mol. The molecule has 3 N–H and O–H groups in total. The number of rotatable bonds is 9. The van der Waals surface area contributed by atoms with Crippen molar-refractivity contribution in [2.24, 2.45) is 5.92 Å². The highest BCUT2D eigenvalue weighted by molar-refractivity contribution is 5.87. The first kappa shape index (κ1) is 21.1. The second-order valence-electron chi connectivity index (χ2n) is 6.64. The number of fused-ring (bicyclic) bond motifs is 1. The highest BCUT2D eigenvalue weighted by atomic mass is 16.4. The molecule has 1 aromatic heterocycles. The Balaban J connectivity index is 2.39. The van der Waals surface area contributed by atoms with Crippen LogP contribution in [0.3, 0.4) is 0 Å². The Hall–Kier alpha value is -3.23. The Morgan fingerprint density at radius 3 is 2.50 bits per heavy atom. The number of benzene rings is 1. The number of carboxylic acid groups (broad SMARTS) is 2. The summed E-state index contributed by atoms with van der Waals surface area (Å²) < 4.78 is 1.21. The molecular formula is C19H23N3O6. The number of aliphatic carboxylic acids is 2. The molecule has 9 heteroatoms. The molecule has 1 amide bonds. The Morgan fingerprint density at radius 2 is 1.89 bits per heavy atom. The maximum atomic E-state index is 12.9. The highest BCUT2D eigenvalue weighted by Gasteiger charge is 2.31. The van der Waals surface area contributed by atoms with Crippen LogP contribution in [0.25, 0.3) is 10.9 Å². The number of nitrogens with zero attached hydrogens (tertiary/aromatic N) is 2. The van der Waals surface area contributed by atoms with Crippen LogP contribution in [0, 0.1) is 5.92 Å². The van der Waals surface area contributed by atoms with Gasteiger partial charge in [-0.2, -0.15) is 0 Å². The molecule has 0 fully saturated rings. The first-order chi connectivity index (χ1) is 13.3. The zero-order valence-corrected chi connectivity index (χ0v) is 15.7. The van der Waals surface area contributed by atoms with Crippen LogP contribution < -0.4 is 10.9 Å². The number of hydrogen-bond acceptors (Lipinski definition) is 5. The van der Waals surface area contributed by atoms with E-state index in [1.54, 1.807) is 31.2 Å². The standard InChI is InChI=1S/C19H23N3O6/c1-3-11(2)16(17(25)21-14(19(27)28)8-9-15(23)24)22-10-20-13-7-5-4-6-12(13)18(22)26/h4-7,10-11,14,16H,3,8-9H2,1-2H3,(H,21,25)(H,23,24)(H,27,28). The molecule has 2 aromatic rings. The Kier molecular flexibility index (Phi) is 6.86. The number of carboxylic acids is 2. The fourth-order valence-corrected chi connectivity index (χ4v) is 2.95. The predicted molar refractivity (Wildman–Crippen MR) is 101 cm³/mol. The van der Waals surface area contributed by atoms with Gasteiger partial charge in [0, 0.05) is 6.42 Å². The van der Waals surface area contributed by atoms with Crippen LogP contribution in [0.5, 0.6) is 0 Å². The van der Waals surface area contributed by atoms with Crippen molar-refractivity contribution in [1.29, 1.82) is 0 Å². The minimum absolute atomic E-state index is 0.255. The minimum atomic E-state index is -1.36. The van der Waals surface area contributed by atoms with Crippen LogP contribution in [-0.2, 0) is 14.4 Å². The zero-order valence-electron chi connectivity index (χ0n) is 15.7. The van der Waals surface area contributed by atoms with Gasteiger partial charge in [0.05, 0.1) is 17.2 Å². The van der Waals surface area contributed by atoms with E-state index in [0.717, 1.165) is 0 Å². The maximum Gasteiger partial charge on any atom is 0.326 e. The van der Waals surface area contributed by atoms with Crippen molar-refractivity contribution < 1.29 is 24.6 Å². The summed E-state index contributed by atoms with van der Waals surface area (Å²) in [7, 11) is 0. The van der Waals surface area contributed by atoms with Crippen molar-refractivity contribution in [3.8, 4) is 0 Å². The van der Waals surface area contributed by atoms with E-state index in [1.807, 2.05) is 6.92 Å². The van der Waals surface area contributed by atoms with Gasteiger partial charge in [-0.3, -0.25) is 19.0 Å². The fourth-order valence-electron chi connectivity index (χ4n) is 2.95. The quantitative estimate of drug-likeness (QED) is 0.589. The largest absolute Gasteiger partial charge is 0.481 e. The highest BCUT2D eigenvalue weighted by Crippen LogP contribution is 2.21. The Morgan fingerprint density at radius 1 is 1.21 bits per heavy atom. The molecule has 0 aliphatic carbocycles. The van der Waals surface area contributed by atoms with Gasteiger partial charge in [0.15, 0.2) is 0 Å². The predicted octanol–water partition coefficient (Wildman–Crippen LogP) is 1.42. The molecule has 28 heavy (non-hydrogen) atoms. The average Bonchev–Trinajstić information content (AvgIpc) is 2.66. The van der Waals surface area contributed by atoms with E-state index >= 15 is 0 Å². The smallest absolute Gasteiger partial charge is 0.326 e. The molecule has 0 aliphatic heterocycles. The molecule has 2 rings (SSSR count). The van der Waals surface area contributed by atoms with Gasteiger partial charge < -0.3 is 15.5 Å². The topological polar surface area (TPSA) is 139 Å². The third kappa shape index (κ3) is 4.73. The number of hydrogen-bond donors (Lipinski definition) is 3. The lowest BCUT2D eigenvalue weighted by Crippen LogP contribution is -2.47. The molecule has 3 unspecified atom stereocenters. The molecule has 0 radical (unpaired) electrons. The summed E-state index contributed by atoms with van der Waals surface area (Å²) in [6, 6.07) is 4.41. The number of aromatic nitrogens is 2. The molecule has 0 spiro atoms. The molecule has 0 aliphatic rings. The van der Waals surface area contributed by atoms with E-state index in [4.69, 9.17) is 5.11 Å². The van der Waals surface area contributed by atoms with E-state index < -0.39 is 41.9 Å². The van der Waals surface area contributed by atoms with Gasteiger partial charge in [-0.15, -0.1) is 0 Å². The number of nitrogens with one attached hydrogen (secondary N) is 1. The normalized spacial score (nSPS) is 14.2. The van der Waals surface area contributed by atoms with Crippen molar-refractivity contribution in [2.45, 2.75) is 45.2 Å². The minimum Gasteiger partial charge on any atom is -0.481 e. The maximum absolute atomic E-state index is 12.9. The number of carbonyl (C=O) groups is 3. The van der Waals surface area contributed by atoms with Crippen molar-refractivity contribution >= 4 is 28.7 Å². The molecule has 1 aromatic carbocycles. The van der Waals surface area contributed by atoms with Crippen molar-refractivity contribution in [1.82, 2.24) is 14.9 Å². The van der Waals surface area contributed by atoms with Crippen LogP contribution in [0.15, 0.2) is 35.4 Å².